The summed E-state index contributed by atoms with van der Waals surface area (Å²) in [5, 5.41) is 2.63. The summed E-state index contributed by atoms with van der Waals surface area (Å²) in [6.45, 7) is 2.32. The van der Waals surface area contributed by atoms with E-state index < -0.39 is 0 Å². The second kappa shape index (κ2) is 6.17. The molecule has 0 saturated heterocycles. The van der Waals surface area contributed by atoms with E-state index in [1.807, 2.05) is 0 Å². The summed E-state index contributed by atoms with van der Waals surface area (Å²) in [7, 11) is 2.18. The molecule has 2 heterocycles. The van der Waals surface area contributed by atoms with Gasteiger partial charge in [0.1, 0.15) is 0 Å². The lowest BCUT2D eigenvalue weighted by atomic mass is 9.89. The van der Waals surface area contributed by atoms with Crippen LogP contribution in [-0.2, 0) is 7.05 Å². The molecule has 132 valence electrons. The maximum Gasteiger partial charge on any atom is 0.0527 e. The molecular formula is C25H22N2. The van der Waals surface area contributed by atoms with Crippen molar-refractivity contribution >= 4 is 21.8 Å². The van der Waals surface area contributed by atoms with E-state index in [1.165, 1.54) is 44.2 Å². The third-order valence-electron chi connectivity index (χ3n) is 5.71. The molecule has 0 bridgehead atoms. The Morgan fingerprint density at radius 1 is 0.778 bits per heavy atom. The number of hydrogen-bond donors (Lipinski definition) is 1. The van der Waals surface area contributed by atoms with Gasteiger partial charge in [-0.3, -0.25) is 0 Å². The standard InChI is InChI=1S/C25H22N2/c1-17(21-16-26-22-14-8-6-12-19(21)22)24-20-13-7-9-15-23(20)27(2)25(24)18-10-4-3-5-11-18/h3-17,26H,1-2H3. The Bertz CT molecular complexity index is 1240. The number of benzene rings is 3. The van der Waals surface area contributed by atoms with Crippen molar-refractivity contribution in [1.82, 2.24) is 9.55 Å². The maximum atomic E-state index is 3.45. The molecule has 2 heteroatoms. The number of H-pyrrole nitrogens is 1. The van der Waals surface area contributed by atoms with Crippen molar-refractivity contribution in [2.24, 2.45) is 7.05 Å². The van der Waals surface area contributed by atoms with E-state index >= 15 is 0 Å². The lowest BCUT2D eigenvalue weighted by Gasteiger charge is -2.15. The Labute approximate surface area is 159 Å². The first-order valence-corrected chi connectivity index (χ1v) is 9.44. The zero-order valence-corrected chi connectivity index (χ0v) is 15.6. The van der Waals surface area contributed by atoms with Gasteiger partial charge in [0.25, 0.3) is 0 Å². The minimum atomic E-state index is 0.280. The second-order valence-electron chi connectivity index (χ2n) is 7.22. The Morgan fingerprint density at radius 2 is 1.44 bits per heavy atom. The zero-order valence-electron chi connectivity index (χ0n) is 15.6. The molecule has 1 N–H and O–H groups in total. The van der Waals surface area contributed by atoms with Gasteiger partial charge in [-0.25, -0.2) is 0 Å². The minimum absolute atomic E-state index is 0.280. The van der Waals surface area contributed by atoms with E-state index in [9.17, 15) is 0 Å². The molecule has 1 atom stereocenters. The highest BCUT2D eigenvalue weighted by Crippen LogP contribution is 2.41. The molecule has 0 spiro atoms. The smallest absolute Gasteiger partial charge is 0.0527 e. The number of fused-ring (bicyclic) bond motifs is 2. The Morgan fingerprint density at radius 3 is 2.26 bits per heavy atom. The van der Waals surface area contributed by atoms with Crippen LogP contribution in [0.5, 0.6) is 0 Å². The molecule has 0 aliphatic rings. The van der Waals surface area contributed by atoms with Crippen LogP contribution in [0, 0.1) is 0 Å². The van der Waals surface area contributed by atoms with Gasteiger partial charge in [0.2, 0.25) is 0 Å². The first kappa shape index (κ1) is 16.0. The largest absolute Gasteiger partial charge is 0.361 e. The fourth-order valence-corrected chi connectivity index (χ4v) is 4.41. The van der Waals surface area contributed by atoms with E-state index in [0.717, 1.165) is 0 Å². The molecule has 5 aromatic rings. The molecular weight excluding hydrogens is 328 g/mol. The number of rotatable bonds is 3. The van der Waals surface area contributed by atoms with Gasteiger partial charge >= 0.3 is 0 Å². The van der Waals surface area contributed by atoms with Crippen molar-refractivity contribution in [3.8, 4) is 11.3 Å². The summed E-state index contributed by atoms with van der Waals surface area (Å²) < 4.78 is 2.34. The van der Waals surface area contributed by atoms with Crippen LogP contribution < -0.4 is 0 Å². The first-order chi connectivity index (χ1) is 13.3. The van der Waals surface area contributed by atoms with Crippen LogP contribution in [0.1, 0.15) is 24.0 Å². The summed E-state index contributed by atoms with van der Waals surface area (Å²) in [5.74, 6) is 0.280. The second-order valence-corrected chi connectivity index (χ2v) is 7.22. The van der Waals surface area contributed by atoms with E-state index in [4.69, 9.17) is 0 Å². The number of hydrogen-bond acceptors (Lipinski definition) is 0. The quantitative estimate of drug-likeness (QED) is 0.384. The molecule has 2 aromatic heterocycles. The van der Waals surface area contributed by atoms with E-state index in [0.29, 0.717) is 0 Å². The highest BCUT2D eigenvalue weighted by Gasteiger charge is 2.23. The number of aromatic amines is 1. The Kier molecular flexibility index (Phi) is 3.64. The predicted octanol–water partition coefficient (Wildman–Crippen LogP) is 6.48. The van der Waals surface area contributed by atoms with Crippen molar-refractivity contribution in [1.29, 1.82) is 0 Å². The topological polar surface area (TPSA) is 20.7 Å². The van der Waals surface area contributed by atoms with Crippen molar-refractivity contribution in [3.63, 3.8) is 0 Å². The Balaban J connectivity index is 1.82. The van der Waals surface area contributed by atoms with Gasteiger partial charge in [0, 0.05) is 41.0 Å². The monoisotopic (exact) mass is 350 g/mol. The van der Waals surface area contributed by atoms with Crippen LogP contribution >= 0.6 is 0 Å². The third kappa shape index (κ3) is 2.41. The molecule has 1 unspecified atom stereocenters. The summed E-state index contributed by atoms with van der Waals surface area (Å²) in [4.78, 5) is 3.45. The molecule has 0 amide bonds. The molecule has 3 aromatic carbocycles. The average molecular weight is 350 g/mol. The molecule has 0 aliphatic heterocycles. The number of para-hydroxylation sites is 2. The van der Waals surface area contributed by atoms with Gasteiger partial charge in [0.15, 0.2) is 0 Å². The number of aromatic nitrogens is 2. The van der Waals surface area contributed by atoms with Crippen LogP contribution in [0.3, 0.4) is 0 Å². The van der Waals surface area contributed by atoms with Gasteiger partial charge in [-0.05, 0) is 28.8 Å². The zero-order chi connectivity index (χ0) is 18.4. The fourth-order valence-electron chi connectivity index (χ4n) is 4.41. The van der Waals surface area contributed by atoms with E-state index in [1.54, 1.807) is 0 Å². The van der Waals surface area contributed by atoms with Crippen molar-refractivity contribution in [3.05, 3.63) is 96.2 Å². The molecule has 5 rings (SSSR count). The predicted molar refractivity (Wildman–Crippen MR) is 114 cm³/mol. The van der Waals surface area contributed by atoms with Crippen molar-refractivity contribution in [2.45, 2.75) is 12.8 Å². The first-order valence-electron chi connectivity index (χ1n) is 9.44. The highest BCUT2D eigenvalue weighted by atomic mass is 15.0. The van der Waals surface area contributed by atoms with Crippen LogP contribution in [0.15, 0.2) is 85.1 Å². The summed E-state index contributed by atoms with van der Waals surface area (Å²) in [6.07, 6.45) is 2.17. The van der Waals surface area contributed by atoms with Gasteiger partial charge < -0.3 is 9.55 Å². The SMILES string of the molecule is CC(c1c[nH]c2ccccc12)c1c(-c2ccccc2)n(C)c2ccccc12. The van der Waals surface area contributed by atoms with Crippen LogP contribution in [-0.4, -0.2) is 9.55 Å². The van der Waals surface area contributed by atoms with Gasteiger partial charge in [0.05, 0.1) is 5.69 Å². The molecule has 0 fully saturated rings. The van der Waals surface area contributed by atoms with Crippen LogP contribution in [0.2, 0.25) is 0 Å². The van der Waals surface area contributed by atoms with Crippen molar-refractivity contribution in [2.75, 3.05) is 0 Å². The van der Waals surface area contributed by atoms with Gasteiger partial charge in [-0.2, -0.15) is 0 Å². The lowest BCUT2D eigenvalue weighted by molar-refractivity contribution is 0.913. The molecule has 0 radical (unpaired) electrons. The van der Waals surface area contributed by atoms with Crippen molar-refractivity contribution < 1.29 is 0 Å². The normalized spacial score (nSPS) is 12.7. The van der Waals surface area contributed by atoms with Gasteiger partial charge in [-0.1, -0.05) is 73.7 Å². The fraction of sp³-hybridized carbons (Fsp3) is 0.120. The minimum Gasteiger partial charge on any atom is -0.361 e. The summed E-state index contributed by atoms with van der Waals surface area (Å²) in [5.41, 5.74) is 7.77. The average Bonchev–Trinajstić information content (AvgIpc) is 3.28. The Hall–Kier alpha value is -3.26. The number of aryl methyl sites for hydroxylation is 1. The maximum absolute atomic E-state index is 3.45. The molecule has 0 aliphatic carbocycles. The molecule has 2 nitrogen and oxygen atoms in total. The van der Waals surface area contributed by atoms with E-state index in [2.05, 4.69) is 109 Å². The van der Waals surface area contributed by atoms with E-state index in [-0.39, 0.29) is 5.92 Å². The number of nitrogens with one attached hydrogen (secondary N) is 1. The van der Waals surface area contributed by atoms with Crippen LogP contribution in [0.25, 0.3) is 33.1 Å². The van der Waals surface area contributed by atoms with Crippen LogP contribution in [0.4, 0.5) is 0 Å². The summed E-state index contributed by atoms with van der Waals surface area (Å²) >= 11 is 0. The summed E-state index contributed by atoms with van der Waals surface area (Å²) in [6, 6.07) is 28.0. The molecule has 0 saturated carbocycles. The molecule has 27 heavy (non-hydrogen) atoms. The lowest BCUT2D eigenvalue weighted by Crippen LogP contribution is -1.99. The highest BCUT2D eigenvalue weighted by molar-refractivity contribution is 5.94. The van der Waals surface area contributed by atoms with Gasteiger partial charge in [-0.15, -0.1) is 0 Å². The number of nitrogens with zero attached hydrogens (tertiary/aromatic N) is 1. The third-order valence-corrected chi connectivity index (χ3v) is 5.71.